The van der Waals surface area contributed by atoms with Crippen molar-refractivity contribution in [1.82, 2.24) is 14.8 Å². The van der Waals surface area contributed by atoms with Gasteiger partial charge in [-0.1, -0.05) is 26.0 Å². The van der Waals surface area contributed by atoms with Crippen molar-refractivity contribution in [3.8, 4) is 0 Å². The summed E-state index contributed by atoms with van der Waals surface area (Å²) < 4.78 is 1.87. The van der Waals surface area contributed by atoms with Crippen LogP contribution in [0.3, 0.4) is 0 Å². The van der Waals surface area contributed by atoms with Crippen molar-refractivity contribution >= 4 is 5.97 Å². The molecule has 1 aromatic carbocycles. The van der Waals surface area contributed by atoms with Gasteiger partial charge in [-0.15, -0.1) is 0 Å². The lowest BCUT2D eigenvalue weighted by molar-refractivity contribution is 0.0697. The Morgan fingerprint density at radius 1 is 1.32 bits per heavy atom. The van der Waals surface area contributed by atoms with E-state index in [2.05, 4.69) is 23.9 Å². The molecule has 0 unspecified atom stereocenters. The number of aromatic carboxylic acids is 1. The lowest BCUT2D eigenvalue weighted by Crippen LogP contribution is -2.08. The highest BCUT2D eigenvalue weighted by Gasteiger charge is 2.11. The van der Waals surface area contributed by atoms with Crippen LogP contribution in [-0.4, -0.2) is 25.8 Å². The molecule has 0 bridgehead atoms. The van der Waals surface area contributed by atoms with E-state index in [4.69, 9.17) is 5.11 Å². The zero-order valence-electron chi connectivity index (χ0n) is 11.3. The lowest BCUT2D eigenvalue weighted by atomic mass is 10.1. The summed E-state index contributed by atoms with van der Waals surface area (Å²) in [5.41, 5.74) is 1.31. The third-order valence-corrected chi connectivity index (χ3v) is 2.86. The monoisotopic (exact) mass is 259 g/mol. The normalized spacial score (nSPS) is 10.9. The van der Waals surface area contributed by atoms with Crippen LogP contribution in [0.2, 0.25) is 0 Å². The van der Waals surface area contributed by atoms with Gasteiger partial charge in [-0.05, 0) is 24.6 Å². The Morgan fingerprint density at radius 2 is 1.95 bits per heavy atom. The van der Waals surface area contributed by atoms with Crippen LogP contribution in [-0.2, 0) is 6.54 Å². The Morgan fingerprint density at radius 3 is 2.47 bits per heavy atom. The highest BCUT2D eigenvalue weighted by molar-refractivity contribution is 5.87. The van der Waals surface area contributed by atoms with Crippen molar-refractivity contribution in [2.24, 2.45) is 0 Å². The van der Waals surface area contributed by atoms with Crippen LogP contribution in [0.1, 0.15) is 47.3 Å². The fourth-order valence-corrected chi connectivity index (χ4v) is 1.94. The van der Waals surface area contributed by atoms with E-state index < -0.39 is 5.97 Å². The molecule has 0 atom stereocenters. The number of aryl methyl sites for hydroxylation is 1. The molecule has 5 nitrogen and oxygen atoms in total. The zero-order valence-corrected chi connectivity index (χ0v) is 11.3. The molecule has 0 amide bonds. The standard InChI is InChI=1S/C14H17N3O2/c1-9(2)13-15-10(3)16-17(13)8-11-4-6-12(7-5-11)14(18)19/h4-7,9H,8H2,1-3H3,(H,18,19). The Kier molecular flexibility index (Phi) is 3.64. The van der Waals surface area contributed by atoms with Crippen LogP contribution >= 0.6 is 0 Å². The minimum absolute atomic E-state index is 0.294. The summed E-state index contributed by atoms with van der Waals surface area (Å²) in [5.74, 6) is 1.09. The van der Waals surface area contributed by atoms with Gasteiger partial charge >= 0.3 is 5.97 Å². The highest BCUT2D eigenvalue weighted by atomic mass is 16.4. The van der Waals surface area contributed by atoms with Gasteiger partial charge in [0.25, 0.3) is 0 Å². The number of hydrogen-bond acceptors (Lipinski definition) is 3. The number of carbonyl (C=O) groups is 1. The van der Waals surface area contributed by atoms with Crippen LogP contribution in [0.25, 0.3) is 0 Å². The van der Waals surface area contributed by atoms with Crippen LogP contribution in [0.15, 0.2) is 24.3 Å². The molecule has 2 aromatic rings. The topological polar surface area (TPSA) is 68.0 Å². The Labute approximate surface area is 111 Å². The molecule has 100 valence electrons. The lowest BCUT2D eigenvalue weighted by Gasteiger charge is -2.08. The number of benzene rings is 1. The molecule has 0 saturated heterocycles. The molecule has 19 heavy (non-hydrogen) atoms. The molecule has 1 N–H and O–H groups in total. The number of aromatic nitrogens is 3. The maximum Gasteiger partial charge on any atom is 0.335 e. The average molecular weight is 259 g/mol. The summed E-state index contributed by atoms with van der Waals surface area (Å²) in [6, 6.07) is 6.84. The van der Waals surface area contributed by atoms with Crippen molar-refractivity contribution in [2.75, 3.05) is 0 Å². The average Bonchev–Trinajstić information content (AvgIpc) is 2.71. The summed E-state index contributed by atoms with van der Waals surface area (Å²) in [6.45, 7) is 6.63. The van der Waals surface area contributed by atoms with E-state index in [9.17, 15) is 4.79 Å². The number of carboxylic acid groups (broad SMARTS) is 1. The van der Waals surface area contributed by atoms with Gasteiger partial charge in [0.05, 0.1) is 12.1 Å². The summed E-state index contributed by atoms with van der Waals surface area (Å²) in [4.78, 5) is 15.2. The van der Waals surface area contributed by atoms with Crippen molar-refractivity contribution in [1.29, 1.82) is 0 Å². The summed E-state index contributed by atoms with van der Waals surface area (Å²) in [6.07, 6.45) is 0. The van der Waals surface area contributed by atoms with Gasteiger partial charge in [-0.2, -0.15) is 5.10 Å². The van der Waals surface area contributed by atoms with Gasteiger partial charge in [0.2, 0.25) is 0 Å². The smallest absolute Gasteiger partial charge is 0.335 e. The van der Waals surface area contributed by atoms with E-state index in [1.807, 2.05) is 23.7 Å². The minimum Gasteiger partial charge on any atom is -0.478 e. The zero-order chi connectivity index (χ0) is 14.0. The molecular weight excluding hydrogens is 242 g/mol. The number of hydrogen-bond donors (Lipinski definition) is 1. The molecule has 0 radical (unpaired) electrons. The van der Waals surface area contributed by atoms with Gasteiger partial charge in [0.15, 0.2) is 0 Å². The summed E-state index contributed by atoms with van der Waals surface area (Å²) >= 11 is 0. The first-order valence-corrected chi connectivity index (χ1v) is 6.21. The van der Waals surface area contributed by atoms with Crippen LogP contribution in [0, 0.1) is 6.92 Å². The van der Waals surface area contributed by atoms with E-state index in [1.165, 1.54) is 0 Å². The molecule has 1 heterocycles. The second kappa shape index (κ2) is 5.22. The highest BCUT2D eigenvalue weighted by Crippen LogP contribution is 2.14. The number of rotatable bonds is 4. The first kappa shape index (κ1) is 13.3. The molecule has 0 fully saturated rings. The number of carboxylic acids is 1. The molecule has 0 spiro atoms. The third-order valence-electron chi connectivity index (χ3n) is 2.86. The van der Waals surface area contributed by atoms with Crippen molar-refractivity contribution in [2.45, 2.75) is 33.2 Å². The maximum absolute atomic E-state index is 10.8. The number of nitrogens with zero attached hydrogens (tertiary/aromatic N) is 3. The quantitative estimate of drug-likeness (QED) is 0.915. The molecule has 0 saturated carbocycles. The van der Waals surface area contributed by atoms with E-state index in [0.717, 1.165) is 17.2 Å². The van der Waals surface area contributed by atoms with E-state index >= 15 is 0 Å². The largest absolute Gasteiger partial charge is 0.478 e. The van der Waals surface area contributed by atoms with Crippen molar-refractivity contribution in [3.63, 3.8) is 0 Å². The van der Waals surface area contributed by atoms with Gasteiger partial charge < -0.3 is 5.11 Å². The Hall–Kier alpha value is -2.17. The third kappa shape index (κ3) is 2.99. The fourth-order valence-electron chi connectivity index (χ4n) is 1.94. The molecule has 2 rings (SSSR count). The van der Waals surface area contributed by atoms with Gasteiger partial charge in [-0.3, -0.25) is 0 Å². The van der Waals surface area contributed by atoms with Gasteiger partial charge in [0, 0.05) is 5.92 Å². The second-order valence-corrected chi connectivity index (χ2v) is 4.83. The predicted molar refractivity (Wildman–Crippen MR) is 71.4 cm³/mol. The molecule has 0 aliphatic carbocycles. The van der Waals surface area contributed by atoms with Crippen molar-refractivity contribution in [3.05, 3.63) is 47.0 Å². The van der Waals surface area contributed by atoms with E-state index in [-0.39, 0.29) is 0 Å². The first-order chi connectivity index (χ1) is 8.97. The van der Waals surface area contributed by atoms with Gasteiger partial charge in [-0.25, -0.2) is 14.5 Å². The first-order valence-electron chi connectivity index (χ1n) is 6.21. The van der Waals surface area contributed by atoms with Crippen LogP contribution in [0.5, 0.6) is 0 Å². The molecular formula is C14H17N3O2. The molecule has 0 aliphatic rings. The Bertz CT molecular complexity index is 585. The molecule has 5 heteroatoms. The second-order valence-electron chi connectivity index (χ2n) is 4.83. The SMILES string of the molecule is Cc1nc(C(C)C)n(Cc2ccc(C(=O)O)cc2)n1. The predicted octanol–water partition coefficient (Wildman–Crippen LogP) is 2.46. The molecule has 0 aliphatic heterocycles. The summed E-state index contributed by atoms with van der Waals surface area (Å²) in [5, 5.41) is 13.2. The van der Waals surface area contributed by atoms with Crippen molar-refractivity contribution < 1.29 is 9.90 Å². The maximum atomic E-state index is 10.8. The minimum atomic E-state index is -0.911. The Balaban J connectivity index is 2.23. The molecule has 1 aromatic heterocycles. The summed E-state index contributed by atoms with van der Waals surface area (Å²) in [7, 11) is 0. The van der Waals surface area contributed by atoms with Gasteiger partial charge in [0.1, 0.15) is 11.6 Å². The van der Waals surface area contributed by atoms with Crippen LogP contribution in [0.4, 0.5) is 0 Å². The van der Waals surface area contributed by atoms with E-state index in [1.54, 1.807) is 12.1 Å². The van der Waals surface area contributed by atoms with Crippen LogP contribution < -0.4 is 0 Å². The fraction of sp³-hybridized carbons (Fsp3) is 0.357. The van der Waals surface area contributed by atoms with E-state index in [0.29, 0.717) is 18.0 Å².